The minimum absolute atomic E-state index is 0.264. The number of methoxy groups -OCH3 is 2. The van der Waals surface area contributed by atoms with E-state index in [9.17, 15) is 4.79 Å². The Morgan fingerprint density at radius 3 is 2.34 bits per heavy atom. The third-order valence-corrected chi connectivity index (χ3v) is 4.59. The van der Waals surface area contributed by atoms with E-state index in [1.807, 2.05) is 42.1 Å². The summed E-state index contributed by atoms with van der Waals surface area (Å²) in [6, 6.07) is 14.2. The van der Waals surface area contributed by atoms with Gasteiger partial charge in [0, 0.05) is 25.0 Å². The first kappa shape index (κ1) is 20.3. The van der Waals surface area contributed by atoms with Crippen LogP contribution >= 0.6 is 0 Å². The number of imidazole rings is 1. The summed E-state index contributed by atoms with van der Waals surface area (Å²) < 4.78 is 18.3. The van der Waals surface area contributed by atoms with Gasteiger partial charge in [-0.1, -0.05) is 18.2 Å². The molecular formula is C22H25N3O4. The van der Waals surface area contributed by atoms with Crippen molar-refractivity contribution in [2.24, 2.45) is 7.05 Å². The quantitative estimate of drug-likeness (QED) is 0.634. The molecule has 7 nitrogen and oxygen atoms in total. The molecule has 0 saturated carbocycles. The van der Waals surface area contributed by atoms with E-state index in [4.69, 9.17) is 14.2 Å². The second kappa shape index (κ2) is 9.14. The number of para-hydroxylation sites is 1. The van der Waals surface area contributed by atoms with Crippen LogP contribution in [-0.4, -0.2) is 35.8 Å². The van der Waals surface area contributed by atoms with Crippen molar-refractivity contribution in [1.29, 1.82) is 0 Å². The molecule has 3 aromatic rings. The van der Waals surface area contributed by atoms with E-state index in [-0.39, 0.29) is 5.91 Å². The molecule has 29 heavy (non-hydrogen) atoms. The Balaban J connectivity index is 1.81. The summed E-state index contributed by atoms with van der Waals surface area (Å²) in [5.41, 5.74) is 0.814. The van der Waals surface area contributed by atoms with Gasteiger partial charge in [0.15, 0.2) is 6.10 Å². The summed E-state index contributed by atoms with van der Waals surface area (Å²) in [5, 5.41) is 3.04. The highest BCUT2D eigenvalue weighted by Crippen LogP contribution is 2.29. The fourth-order valence-corrected chi connectivity index (χ4v) is 3.01. The molecule has 0 spiro atoms. The minimum atomic E-state index is -0.708. The standard InChI is InChI=1S/C22H25N3O4/c1-15(29-17-11-9-16(27-3)10-12-17)22(26)24-20(21-23-13-14-25(21)2)18-7-5-6-8-19(18)28-4/h5-15,20H,1-4H3,(H,24,26). The number of nitrogens with one attached hydrogen (secondary N) is 1. The van der Waals surface area contributed by atoms with Gasteiger partial charge in [-0.3, -0.25) is 4.79 Å². The summed E-state index contributed by atoms with van der Waals surface area (Å²) in [4.78, 5) is 17.3. The van der Waals surface area contributed by atoms with Gasteiger partial charge in [-0.15, -0.1) is 0 Å². The minimum Gasteiger partial charge on any atom is -0.497 e. The van der Waals surface area contributed by atoms with Gasteiger partial charge < -0.3 is 24.1 Å². The van der Waals surface area contributed by atoms with Crippen molar-refractivity contribution >= 4 is 5.91 Å². The molecule has 1 N–H and O–H groups in total. The zero-order valence-electron chi connectivity index (χ0n) is 17.0. The SMILES string of the molecule is COc1ccc(OC(C)C(=O)NC(c2ccccc2OC)c2nccn2C)cc1. The van der Waals surface area contributed by atoms with Gasteiger partial charge in [-0.2, -0.15) is 0 Å². The van der Waals surface area contributed by atoms with E-state index in [0.717, 1.165) is 11.3 Å². The van der Waals surface area contributed by atoms with Crippen LogP contribution in [0.1, 0.15) is 24.4 Å². The lowest BCUT2D eigenvalue weighted by molar-refractivity contribution is -0.127. The van der Waals surface area contributed by atoms with E-state index in [1.165, 1.54) is 0 Å². The number of aromatic nitrogens is 2. The fraction of sp³-hybridized carbons (Fsp3) is 0.273. The van der Waals surface area contributed by atoms with E-state index in [0.29, 0.717) is 17.3 Å². The Hall–Kier alpha value is -3.48. The molecule has 3 rings (SSSR count). The van der Waals surface area contributed by atoms with E-state index >= 15 is 0 Å². The lowest BCUT2D eigenvalue weighted by atomic mass is 10.0. The number of carbonyl (C=O) groups is 1. The Kier molecular flexibility index (Phi) is 6.39. The van der Waals surface area contributed by atoms with Gasteiger partial charge in [0.05, 0.1) is 14.2 Å². The fourth-order valence-electron chi connectivity index (χ4n) is 3.01. The predicted octanol–water partition coefficient (Wildman–Crippen LogP) is 3.11. The van der Waals surface area contributed by atoms with E-state index < -0.39 is 12.1 Å². The second-order valence-electron chi connectivity index (χ2n) is 6.52. The highest BCUT2D eigenvalue weighted by molar-refractivity contribution is 5.81. The largest absolute Gasteiger partial charge is 0.497 e. The van der Waals surface area contributed by atoms with Gasteiger partial charge in [-0.05, 0) is 37.3 Å². The van der Waals surface area contributed by atoms with Crippen molar-refractivity contribution in [3.05, 3.63) is 72.3 Å². The lowest BCUT2D eigenvalue weighted by Gasteiger charge is -2.23. The van der Waals surface area contributed by atoms with Crippen LogP contribution in [0.2, 0.25) is 0 Å². The van der Waals surface area contributed by atoms with Crippen LogP contribution in [-0.2, 0) is 11.8 Å². The van der Waals surface area contributed by atoms with Crippen LogP contribution < -0.4 is 19.5 Å². The third kappa shape index (κ3) is 4.68. The summed E-state index contributed by atoms with van der Waals surface area (Å²) in [5.74, 6) is 2.41. The third-order valence-electron chi connectivity index (χ3n) is 4.59. The van der Waals surface area contributed by atoms with Crippen LogP contribution in [0, 0.1) is 0 Å². The molecule has 2 aromatic carbocycles. The smallest absolute Gasteiger partial charge is 0.261 e. The number of hydrogen-bond acceptors (Lipinski definition) is 5. The number of ether oxygens (including phenoxy) is 3. The van der Waals surface area contributed by atoms with E-state index in [1.54, 1.807) is 51.6 Å². The molecule has 0 fully saturated rings. The number of aryl methyl sites for hydroxylation is 1. The number of rotatable bonds is 8. The lowest BCUT2D eigenvalue weighted by Crippen LogP contribution is -2.40. The molecule has 0 radical (unpaired) electrons. The van der Waals surface area contributed by atoms with Crippen molar-refractivity contribution in [3.63, 3.8) is 0 Å². The normalized spacial score (nSPS) is 12.7. The molecule has 0 aliphatic carbocycles. The topological polar surface area (TPSA) is 74.6 Å². The molecule has 1 amide bonds. The highest BCUT2D eigenvalue weighted by atomic mass is 16.5. The van der Waals surface area contributed by atoms with E-state index in [2.05, 4.69) is 10.3 Å². The predicted molar refractivity (Wildman–Crippen MR) is 109 cm³/mol. The zero-order chi connectivity index (χ0) is 20.8. The average molecular weight is 395 g/mol. The van der Waals surface area contributed by atoms with Crippen LogP contribution in [0.4, 0.5) is 0 Å². The maximum Gasteiger partial charge on any atom is 0.261 e. The number of nitrogens with zero attached hydrogens (tertiary/aromatic N) is 2. The first-order valence-corrected chi connectivity index (χ1v) is 9.24. The average Bonchev–Trinajstić information content (AvgIpc) is 3.17. The van der Waals surface area contributed by atoms with Crippen molar-refractivity contribution in [3.8, 4) is 17.2 Å². The number of hydrogen-bond donors (Lipinski definition) is 1. The van der Waals surface area contributed by atoms with Crippen molar-refractivity contribution in [1.82, 2.24) is 14.9 Å². The summed E-state index contributed by atoms with van der Waals surface area (Å²) >= 11 is 0. The molecule has 0 aliphatic heterocycles. The van der Waals surface area contributed by atoms with Gasteiger partial charge in [-0.25, -0.2) is 4.98 Å². The number of carbonyl (C=O) groups excluding carboxylic acids is 1. The van der Waals surface area contributed by atoms with Crippen molar-refractivity contribution in [2.45, 2.75) is 19.1 Å². The van der Waals surface area contributed by atoms with Crippen molar-refractivity contribution in [2.75, 3.05) is 14.2 Å². The zero-order valence-corrected chi connectivity index (χ0v) is 17.0. The molecule has 0 bridgehead atoms. The van der Waals surface area contributed by atoms with Crippen LogP contribution in [0.3, 0.4) is 0 Å². The van der Waals surface area contributed by atoms with Gasteiger partial charge >= 0.3 is 0 Å². The molecule has 2 unspecified atom stereocenters. The summed E-state index contributed by atoms with van der Waals surface area (Å²) in [7, 11) is 5.08. The molecule has 0 saturated heterocycles. The van der Waals surface area contributed by atoms with Crippen molar-refractivity contribution < 1.29 is 19.0 Å². The molecule has 0 aliphatic rings. The summed E-state index contributed by atoms with van der Waals surface area (Å²) in [6.45, 7) is 1.71. The molecule has 7 heteroatoms. The van der Waals surface area contributed by atoms with Gasteiger partial charge in [0.25, 0.3) is 5.91 Å². The highest BCUT2D eigenvalue weighted by Gasteiger charge is 2.26. The van der Waals surface area contributed by atoms with Gasteiger partial charge in [0.1, 0.15) is 29.1 Å². The molecule has 152 valence electrons. The Labute approximate surface area is 170 Å². The van der Waals surface area contributed by atoms with Gasteiger partial charge in [0.2, 0.25) is 0 Å². The number of benzene rings is 2. The van der Waals surface area contributed by atoms with Crippen LogP contribution in [0.15, 0.2) is 60.9 Å². The van der Waals surface area contributed by atoms with Crippen LogP contribution in [0.25, 0.3) is 0 Å². The first-order chi connectivity index (χ1) is 14.0. The summed E-state index contributed by atoms with van der Waals surface area (Å²) in [6.07, 6.45) is 2.82. The molecule has 2 atom stereocenters. The maximum atomic E-state index is 12.9. The molecular weight excluding hydrogens is 370 g/mol. The second-order valence-corrected chi connectivity index (χ2v) is 6.52. The number of amides is 1. The Morgan fingerprint density at radius 1 is 1.03 bits per heavy atom. The first-order valence-electron chi connectivity index (χ1n) is 9.24. The Morgan fingerprint density at radius 2 is 1.72 bits per heavy atom. The maximum absolute atomic E-state index is 12.9. The monoisotopic (exact) mass is 395 g/mol. The Bertz CT molecular complexity index is 953. The molecule has 1 heterocycles. The molecule has 1 aromatic heterocycles. The van der Waals surface area contributed by atoms with Crippen LogP contribution in [0.5, 0.6) is 17.2 Å².